The first-order valence-corrected chi connectivity index (χ1v) is 12.7. The van der Waals surface area contributed by atoms with E-state index in [0.717, 1.165) is 13.1 Å². The summed E-state index contributed by atoms with van der Waals surface area (Å²) in [7, 11) is 0. The smallest absolute Gasteiger partial charge is 0.205 e. The van der Waals surface area contributed by atoms with Gasteiger partial charge in [0.15, 0.2) is 6.54 Å². The van der Waals surface area contributed by atoms with E-state index in [1.165, 1.54) is 33.2 Å². The highest BCUT2D eigenvalue weighted by atomic mass is 16.3. The zero-order valence-corrected chi connectivity index (χ0v) is 21.0. The Labute approximate surface area is 214 Å². The summed E-state index contributed by atoms with van der Waals surface area (Å²) in [6, 6.07) is 45.7. The third-order valence-corrected chi connectivity index (χ3v) is 7.49. The number of aliphatic hydroxyl groups is 1. The van der Waals surface area contributed by atoms with Crippen LogP contribution in [0.2, 0.25) is 0 Å². The molecule has 1 aliphatic rings. The Morgan fingerprint density at radius 2 is 1.00 bits per heavy atom. The fourth-order valence-corrected chi connectivity index (χ4v) is 5.90. The Balaban J connectivity index is 0.000000202. The lowest BCUT2D eigenvalue weighted by Crippen LogP contribution is -2.74. The summed E-state index contributed by atoms with van der Waals surface area (Å²) in [6.07, 6.45) is -1.40. The predicted molar refractivity (Wildman–Crippen MR) is 150 cm³/mol. The summed E-state index contributed by atoms with van der Waals surface area (Å²) in [5.74, 6) is 0. The number of aryl methyl sites for hydroxylation is 2. The average Bonchev–Trinajstić information content (AvgIpc) is 3.45. The second-order valence-electron chi connectivity index (χ2n) is 9.75. The summed E-state index contributed by atoms with van der Waals surface area (Å²) in [6.45, 7) is 5.64. The van der Waals surface area contributed by atoms with Crippen molar-refractivity contribution in [3.8, 4) is 0 Å². The molecule has 0 aliphatic carbocycles. The van der Waals surface area contributed by atoms with Crippen molar-refractivity contribution in [1.29, 1.82) is 0 Å². The maximum atomic E-state index is 9.35. The number of aliphatic hydroxyl groups excluding tert-OH is 1. The van der Waals surface area contributed by atoms with Crippen LogP contribution < -0.4 is 26.5 Å². The molecule has 0 unspecified atom stereocenters. The molecule has 0 amide bonds. The van der Waals surface area contributed by atoms with Crippen molar-refractivity contribution in [1.82, 2.24) is 4.68 Å². The maximum absolute atomic E-state index is 9.35. The predicted octanol–water partition coefficient (Wildman–Crippen LogP) is 2.83. The van der Waals surface area contributed by atoms with Gasteiger partial charge in [-0.15, -0.1) is 4.68 Å². The number of hydrogen-bond donors (Lipinski definition) is 1. The largest absolute Gasteiger partial charge is 0.384 e. The molecule has 0 saturated carbocycles. The molecule has 4 heteroatoms. The van der Waals surface area contributed by atoms with Crippen LogP contribution in [0.3, 0.4) is 0 Å². The summed E-state index contributed by atoms with van der Waals surface area (Å²) in [5, 5.41) is 9.35. The lowest BCUT2D eigenvalue weighted by molar-refractivity contribution is -0.765. The van der Waals surface area contributed by atoms with E-state index in [-0.39, 0.29) is 6.10 Å². The maximum Gasteiger partial charge on any atom is 0.205 e. The fourth-order valence-electron chi connectivity index (χ4n) is 5.90. The van der Waals surface area contributed by atoms with Crippen LogP contribution >= 0.6 is 0 Å². The van der Waals surface area contributed by atoms with Crippen LogP contribution in [0.15, 0.2) is 127 Å². The normalized spacial score (nSPS) is 14.6. The molecule has 5 aromatic rings. The van der Waals surface area contributed by atoms with Crippen molar-refractivity contribution in [3.05, 3.63) is 139 Å². The molecule has 2 heterocycles. The Bertz CT molecular complexity index is 1210. The molecule has 0 bridgehead atoms. The van der Waals surface area contributed by atoms with Gasteiger partial charge in [-0.05, 0) is 6.92 Å². The van der Waals surface area contributed by atoms with Gasteiger partial charge in [-0.3, -0.25) is 0 Å². The Morgan fingerprint density at radius 3 is 1.33 bits per heavy atom. The molecule has 0 spiro atoms. The van der Waals surface area contributed by atoms with Crippen molar-refractivity contribution in [3.63, 3.8) is 0 Å². The third-order valence-electron chi connectivity index (χ3n) is 7.49. The Hall–Kier alpha value is -3.89. The lowest BCUT2D eigenvalue weighted by atomic mass is 9.13. The molecule has 1 aromatic heterocycles. The minimum absolute atomic E-state index is 0.186. The molecule has 0 atom stereocenters. The number of benzene rings is 4. The van der Waals surface area contributed by atoms with Gasteiger partial charge >= 0.3 is 0 Å². The van der Waals surface area contributed by atoms with E-state index in [2.05, 4.69) is 151 Å². The fraction of sp³-hybridized carbons (Fsp3) is 0.156. The van der Waals surface area contributed by atoms with Crippen LogP contribution in [0.4, 0.5) is 0 Å². The second kappa shape index (κ2) is 10.4. The molecular weight excluding hydrogens is 439 g/mol. The first-order chi connectivity index (χ1) is 17.6. The Morgan fingerprint density at radius 1 is 0.639 bits per heavy atom. The van der Waals surface area contributed by atoms with E-state index in [1.807, 2.05) is 0 Å². The third kappa shape index (κ3) is 4.41. The van der Waals surface area contributed by atoms with E-state index >= 15 is 0 Å². The molecule has 0 radical (unpaired) electrons. The van der Waals surface area contributed by atoms with Gasteiger partial charge in [-0.25, -0.2) is 0 Å². The summed E-state index contributed by atoms with van der Waals surface area (Å²) >= 11 is 0. The van der Waals surface area contributed by atoms with E-state index in [1.54, 1.807) is 0 Å². The van der Waals surface area contributed by atoms with Gasteiger partial charge in [0.1, 0.15) is 18.8 Å². The van der Waals surface area contributed by atoms with Crippen LogP contribution in [-0.2, 0) is 13.1 Å². The highest BCUT2D eigenvalue weighted by Gasteiger charge is 2.31. The van der Waals surface area contributed by atoms with Gasteiger partial charge in [0.05, 0.1) is 5.69 Å². The molecule has 6 rings (SSSR count). The molecule has 1 N–H and O–H groups in total. The number of hydrogen-bond acceptors (Lipinski definition) is 1. The Kier molecular flexibility index (Phi) is 6.88. The van der Waals surface area contributed by atoms with Gasteiger partial charge in [0, 0.05) is 13.0 Å². The minimum Gasteiger partial charge on any atom is -0.384 e. The quantitative estimate of drug-likeness (QED) is 0.317. The van der Waals surface area contributed by atoms with Crippen LogP contribution in [0.5, 0.6) is 0 Å². The average molecular weight is 472 g/mol. The highest BCUT2D eigenvalue weighted by molar-refractivity contribution is 7.19. The SMILES string of the molecule is Cc1cc(C)[n+]2n1CC(O)C2.c1ccc([B-](c2ccccc2)(c2ccccc2)c2ccccc2)cc1. The van der Waals surface area contributed by atoms with Crippen molar-refractivity contribution in [2.75, 3.05) is 0 Å². The van der Waals surface area contributed by atoms with Gasteiger partial charge in [0.25, 0.3) is 0 Å². The first kappa shape index (κ1) is 23.8. The van der Waals surface area contributed by atoms with E-state index < -0.39 is 6.15 Å². The van der Waals surface area contributed by atoms with E-state index in [4.69, 9.17) is 0 Å². The standard InChI is InChI=1S/C24H20B.C8H13N2O/c1-5-13-21(14-6-1)25(22-15-7-2-8-16-22,23-17-9-3-10-18-23)24-19-11-4-12-20-24;1-6-3-7(2)10-5-8(11)4-9(6)10/h1-20H;3,8,11H,4-5H2,1-2H3/q-1;+1. The first-order valence-electron chi connectivity index (χ1n) is 12.7. The molecule has 0 saturated heterocycles. The second-order valence-corrected chi connectivity index (χ2v) is 9.75. The zero-order valence-electron chi connectivity index (χ0n) is 21.0. The van der Waals surface area contributed by atoms with Gasteiger partial charge in [-0.2, -0.15) is 26.5 Å². The van der Waals surface area contributed by atoms with Crippen LogP contribution in [0.1, 0.15) is 11.4 Å². The number of fused-ring (bicyclic) bond motifs is 1. The van der Waals surface area contributed by atoms with Gasteiger partial charge in [0.2, 0.25) is 5.69 Å². The zero-order chi connectivity index (χ0) is 25.0. The molecular formula is C32H33BN2O. The molecule has 4 aromatic carbocycles. The molecule has 3 nitrogen and oxygen atoms in total. The van der Waals surface area contributed by atoms with Crippen molar-refractivity contribution >= 4 is 28.0 Å². The van der Waals surface area contributed by atoms with E-state index in [0.29, 0.717) is 0 Å². The monoisotopic (exact) mass is 472 g/mol. The highest BCUT2D eigenvalue weighted by Crippen LogP contribution is 2.09. The van der Waals surface area contributed by atoms with E-state index in [9.17, 15) is 5.11 Å². The van der Waals surface area contributed by atoms with Crippen molar-refractivity contribution < 1.29 is 9.79 Å². The lowest BCUT2D eigenvalue weighted by Gasteiger charge is -2.44. The van der Waals surface area contributed by atoms with Crippen molar-refractivity contribution in [2.45, 2.75) is 33.0 Å². The van der Waals surface area contributed by atoms with Gasteiger partial charge in [-0.1, -0.05) is 121 Å². The summed E-state index contributed by atoms with van der Waals surface area (Å²) < 4.78 is 4.25. The molecule has 36 heavy (non-hydrogen) atoms. The number of aromatic nitrogens is 2. The topological polar surface area (TPSA) is 29.0 Å². The van der Waals surface area contributed by atoms with Gasteiger partial charge < -0.3 is 5.11 Å². The summed E-state index contributed by atoms with van der Waals surface area (Å²) in [5.41, 5.74) is 7.83. The number of rotatable bonds is 4. The molecule has 0 fully saturated rings. The van der Waals surface area contributed by atoms with Crippen LogP contribution in [0.25, 0.3) is 0 Å². The molecule has 180 valence electrons. The minimum atomic E-state index is -1.22. The molecule has 1 aliphatic heterocycles. The van der Waals surface area contributed by atoms with Crippen molar-refractivity contribution in [2.24, 2.45) is 0 Å². The van der Waals surface area contributed by atoms with Crippen LogP contribution in [0, 0.1) is 13.8 Å². The van der Waals surface area contributed by atoms with Crippen LogP contribution in [-0.4, -0.2) is 22.0 Å². The summed E-state index contributed by atoms with van der Waals surface area (Å²) in [4.78, 5) is 0. The number of nitrogens with zero attached hydrogens (tertiary/aromatic N) is 2.